The molecule has 0 atom stereocenters. The standard InChI is InChI=1S/C17H15ClFNO6S/c1-8-13(16(22)24-2)15(27-14(8)17(23)25-3)20-12(21)7-26-11-5-4-9(19)6-10(11)18/h4-6H,7H2,1-3H3,(H,20,21). The number of halogens is 2. The third-order valence-electron chi connectivity index (χ3n) is 3.41. The fraction of sp³-hybridized carbons (Fsp3) is 0.235. The molecule has 0 bridgehead atoms. The molecule has 2 aromatic rings. The van der Waals surface area contributed by atoms with Gasteiger partial charge in [0.25, 0.3) is 5.91 Å². The van der Waals surface area contributed by atoms with E-state index in [0.717, 1.165) is 23.5 Å². The van der Waals surface area contributed by atoms with E-state index in [1.807, 2.05) is 0 Å². The van der Waals surface area contributed by atoms with E-state index in [1.54, 1.807) is 6.92 Å². The molecule has 0 saturated carbocycles. The number of nitrogens with one attached hydrogen (secondary N) is 1. The molecule has 0 unspecified atom stereocenters. The number of esters is 2. The van der Waals surface area contributed by atoms with Crippen molar-refractivity contribution in [3.05, 3.63) is 45.0 Å². The average molecular weight is 416 g/mol. The molecule has 0 saturated heterocycles. The van der Waals surface area contributed by atoms with Gasteiger partial charge in [0.1, 0.15) is 21.4 Å². The lowest BCUT2D eigenvalue weighted by Gasteiger charge is -2.09. The Balaban J connectivity index is 2.18. The molecule has 0 fully saturated rings. The largest absolute Gasteiger partial charge is 0.482 e. The molecule has 0 aliphatic carbocycles. The highest BCUT2D eigenvalue weighted by molar-refractivity contribution is 7.18. The van der Waals surface area contributed by atoms with Gasteiger partial charge in [0.15, 0.2) is 6.61 Å². The van der Waals surface area contributed by atoms with Crippen molar-refractivity contribution in [2.45, 2.75) is 6.92 Å². The van der Waals surface area contributed by atoms with Crippen molar-refractivity contribution in [3.63, 3.8) is 0 Å². The molecule has 1 heterocycles. The van der Waals surface area contributed by atoms with Crippen LogP contribution in [-0.4, -0.2) is 38.7 Å². The Morgan fingerprint density at radius 3 is 2.44 bits per heavy atom. The third kappa shape index (κ3) is 4.75. The summed E-state index contributed by atoms with van der Waals surface area (Å²) in [6, 6.07) is 3.48. The van der Waals surface area contributed by atoms with Crippen LogP contribution in [0.2, 0.25) is 5.02 Å². The highest BCUT2D eigenvalue weighted by Gasteiger charge is 2.26. The van der Waals surface area contributed by atoms with Crippen molar-refractivity contribution in [2.24, 2.45) is 0 Å². The number of amides is 1. The number of ether oxygens (including phenoxy) is 3. The molecule has 0 radical (unpaired) electrons. The number of rotatable bonds is 6. The molecular formula is C17H15ClFNO6S. The van der Waals surface area contributed by atoms with E-state index in [1.165, 1.54) is 20.3 Å². The third-order valence-corrected chi connectivity index (χ3v) is 4.90. The van der Waals surface area contributed by atoms with Gasteiger partial charge < -0.3 is 19.5 Å². The molecule has 1 amide bonds. The lowest BCUT2D eigenvalue weighted by atomic mass is 10.1. The number of hydrogen-bond acceptors (Lipinski definition) is 7. The summed E-state index contributed by atoms with van der Waals surface area (Å²) in [5.41, 5.74) is 0.382. The monoisotopic (exact) mass is 415 g/mol. The second kappa shape index (κ2) is 8.83. The normalized spacial score (nSPS) is 10.3. The van der Waals surface area contributed by atoms with Gasteiger partial charge >= 0.3 is 11.9 Å². The zero-order chi connectivity index (χ0) is 20.1. The van der Waals surface area contributed by atoms with Crippen LogP contribution in [0.3, 0.4) is 0 Å². The van der Waals surface area contributed by atoms with E-state index >= 15 is 0 Å². The van der Waals surface area contributed by atoms with Gasteiger partial charge in [-0.15, -0.1) is 11.3 Å². The molecule has 0 aliphatic rings. The quantitative estimate of drug-likeness (QED) is 0.727. The minimum absolute atomic E-state index is 0.0120. The second-order valence-electron chi connectivity index (χ2n) is 5.16. The summed E-state index contributed by atoms with van der Waals surface area (Å²) in [6.07, 6.45) is 0. The number of hydrogen-bond donors (Lipinski definition) is 1. The Kier molecular flexibility index (Phi) is 6.75. The van der Waals surface area contributed by atoms with Crippen molar-refractivity contribution >= 4 is 45.8 Å². The van der Waals surface area contributed by atoms with Crippen LogP contribution in [0.4, 0.5) is 9.39 Å². The first kappa shape index (κ1) is 20.7. The van der Waals surface area contributed by atoms with Crippen LogP contribution in [0.1, 0.15) is 25.6 Å². The molecule has 7 nitrogen and oxygen atoms in total. The lowest BCUT2D eigenvalue weighted by molar-refractivity contribution is -0.118. The van der Waals surface area contributed by atoms with Gasteiger partial charge in [0.2, 0.25) is 0 Å². The van der Waals surface area contributed by atoms with Gasteiger partial charge in [-0.1, -0.05) is 11.6 Å². The number of carbonyl (C=O) groups excluding carboxylic acids is 3. The van der Waals surface area contributed by atoms with Crippen LogP contribution in [0.25, 0.3) is 0 Å². The van der Waals surface area contributed by atoms with Crippen LogP contribution < -0.4 is 10.1 Å². The van der Waals surface area contributed by atoms with Gasteiger partial charge in [0.05, 0.1) is 24.8 Å². The molecule has 0 aliphatic heterocycles. The van der Waals surface area contributed by atoms with Crippen LogP contribution in [-0.2, 0) is 14.3 Å². The number of benzene rings is 1. The average Bonchev–Trinajstić information content (AvgIpc) is 2.95. The van der Waals surface area contributed by atoms with Gasteiger partial charge in [-0.25, -0.2) is 14.0 Å². The van der Waals surface area contributed by atoms with E-state index in [4.69, 9.17) is 21.1 Å². The van der Waals surface area contributed by atoms with Crippen molar-refractivity contribution < 1.29 is 33.0 Å². The number of anilines is 1. The minimum atomic E-state index is -0.711. The first-order valence-corrected chi connectivity index (χ1v) is 8.65. The van der Waals surface area contributed by atoms with Gasteiger partial charge in [-0.3, -0.25) is 4.79 Å². The molecule has 0 spiro atoms. The van der Waals surface area contributed by atoms with E-state index in [2.05, 4.69) is 10.1 Å². The zero-order valence-electron chi connectivity index (χ0n) is 14.6. The molecule has 2 rings (SSSR count). The van der Waals surface area contributed by atoms with Crippen LogP contribution in [0.5, 0.6) is 5.75 Å². The van der Waals surface area contributed by atoms with Gasteiger partial charge in [-0.05, 0) is 30.7 Å². The minimum Gasteiger partial charge on any atom is -0.482 e. The zero-order valence-corrected chi connectivity index (χ0v) is 16.1. The Labute approximate surface area is 163 Å². The highest BCUT2D eigenvalue weighted by Crippen LogP contribution is 2.34. The number of carbonyl (C=O) groups is 3. The van der Waals surface area contributed by atoms with Gasteiger partial charge in [-0.2, -0.15) is 0 Å². The first-order valence-electron chi connectivity index (χ1n) is 7.46. The fourth-order valence-electron chi connectivity index (χ4n) is 2.14. The summed E-state index contributed by atoms with van der Waals surface area (Å²) in [6.45, 7) is 1.09. The number of methoxy groups -OCH3 is 2. The molecule has 1 aromatic heterocycles. The Hall–Kier alpha value is -2.65. The van der Waals surface area contributed by atoms with E-state index in [-0.39, 0.29) is 26.2 Å². The Morgan fingerprint density at radius 1 is 1.19 bits per heavy atom. The Morgan fingerprint density at radius 2 is 1.85 bits per heavy atom. The van der Waals surface area contributed by atoms with Crippen molar-refractivity contribution in [1.82, 2.24) is 0 Å². The summed E-state index contributed by atoms with van der Waals surface area (Å²) >= 11 is 6.71. The fourth-order valence-corrected chi connectivity index (χ4v) is 3.49. The van der Waals surface area contributed by atoms with Gasteiger partial charge in [0, 0.05) is 0 Å². The summed E-state index contributed by atoms with van der Waals surface area (Å²) < 4.78 is 27.6. The van der Waals surface area contributed by atoms with Crippen molar-refractivity contribution in [2.75, 3.05) is 26.1 Å². The predicted octanol–water partition coefficient (Wildman–Crippen LogP) is 3.44. The van der Waals surface area contributed by atoms with E-state index in [0.29, 0.717) is 5.56 Å². The summed E-state index contributed by atoms with van der Waals surface area (Å²) in [5, 5.41) is 2.63. The Bertz CT molecular complexity index is 898. The number of thiophene rings is 1. The maximum Gasteiger partial charge on any atom is 0.348 e. The van der Waals surface area contributed by atoms with Crippen molar-refractivity contribution in [1.29, 1.82) is 0 Å². The first-order chi connectivity index (χ1) is 12.8. The highest BCUT2D eigenvalue weighted by atomic mass is 35.5. The predicted molar refractivity (Wildman–Crippen MR) is 97.3 cm³/mol. The molecule has 10 heteroatoms. The lowest BCUT2D eigenvalue weighted by Crippen LogP contribution is -2.21. The van der Waals surface area contributed by atoms with Crippen LogP contribution >= 0.6 is 22.9 Å². The molecule has 144 valence electrons. The molecule has 1 aromatic carbocycles. The smallest absolute Gasteiger partial charge is 0.348 e. The SMILES string of the molecule is COC(=O)c1sc(NC(=O)COc2ccc(F)cc2Cl)c(C(=O)OC)c1C. The van der Waals surface area contributed by atoms with E-state index < -0.39 is 30.3 Å². The second-order valence-corrected chi connectivity index (χ2v) is 6.58. The maximum absolute atomic E-state index is 13.0. The summed E-state index contributed by atoms with van der Waals surface area (Å²) in [4.78, 5) is 36.2. The maximum atomic E-state index is 13.0. The molecule has 1 N–H and O–H groups in total. The van der Waals surface area contributed by atoms with Crippen molar-refractivity contribution in [3.8, 4) is 5.75 Å². The van der Waals surface area contributed by atoms with Crippen LogP contribution in [0.15, 0.2) is 18.2 Å². The molecule has 27 heavy (non-hydrogen) atoms. The summed E-state index contributed by atoms with van der Waals surface area (Å²) in [7, 11) is 2.39. The topological polar surface area (TPSA) is 90.9 Å². The summed E-state index contributed by atoms with van der Waals surface area (Å²) in [5.74, 6) is -2.38. The van der Waals surface area contributed by atoms with Crippen LogP contribution in [0, 0.1) is 12.7 Å². The molecular weight excluding hydrogens is 401 g/mol. The van der Waals surface area contributed by atoms with E-state index in [9.17, 15) is 18.8 Å².